The van der Waals surface area contributed by atoms with Gasteiger partial charge in [-0.2, -0.15) is 0 Å². The first-order valence-electron chi connectivity index (χ1n) is 4.96. The van der Waals surface area contributed by atoms with E-state index in [4.69, 9.17) is 4.74 Å². The summed E-state index contributed by atoms with van der Waals surface area (Å²) < 4.78 is 44.8. The normalized spacial score (nSPS) is 22.4. The van der Waals surface area contributed by atoms with Crippen molar-refractivity contribution >= 4 is 15.9 Å². The van der Waals surface area contributed by atoms with Crippen LogP contribution < -0.4 is 0 Å². The van der Waals surface area contributed by atoms with Crippen molar-refractivity contribution in [2.75, 3.05) is 13.2 Å². The smallest absolute Gasteiger partial charge is 0.133 e. The van der Waals surface area contributed by atoms with Crippen molar-refractivity contribution in [1.82, 2.24) is 0 Å². The Hall–Kier alpha value is -0.550. The van der Waals surface area contributed by atoms with Gasteiger partial charge in [-0.1, -0.05) is 15.9 Å². The zero-order chi connectivity index (χ0) is 11.7. The largest absolute Gasteiger partial charge is 0.381 e. The summed E-state index contributed by atoms with van der Waals surface area (Å²) in [5, 5.41) is 0. The third-order valence-corrected chi connectivity index (χ3v) is 3.90. The van der Waals surface area contributed by atoms with Gasteiger partial charge in [0.25, 0.3) is 0 Å². The fraction of sp³-hybridized carbons (Fsp3) is 0.455. The summed E-state index contributed by atoms with van der Waals surface area (Å²) in [5.74, 6) is -2.59. The predicted octanol–water partition coefficient (Wildman–Crippen LogP) is 3.58. The summed E-state index contributed by atoms with van der Waals surface area (Å²) in [5.41, 5.74) is -0.114. The number of ether oxygens (including phenoxy) is 1. The van der Waals surface area contributed by atoms with Crippen molar-refractivity contribution in [3.63, 3.8) is 0 Å². The first-order chi connectivity index (χ1) is 7.59. The number of benzene rings is 1. The average molecular weight is 295 g/mol. The summed E-state index contributed by atoms with van der Waals surface area (Å²) in [6.07, 6.45) is 0.742. The molecule has 0 amide bonds. The standard InChI is InChI=1S/C11H10BrF3O/c12-11(6-1-2-16-5-6)10-8(14)3-7(13)4-9(10)15/h3-4,6,11H,1-2,5H2. The maximum Gasteiger partial charge on any atom is 0.133 e. The monoisotopic (exact) mass is 294 g/mol. The van der Waals surface area contributed by atoms with E-state index in [2.05, 4.69) is 15.9 Å². The molecule has 2 atom stereocenters. The van der Waals surface area contributed by atoms with Crippen LogP contribution in [0, 0.1) is 23.4 Å². The van der Waals surface area contributed by atoms with Crippen LogP contribution in [0.1, 0.15) is 16.8 Å². The molecule has 16 heavy (non-hydrogen) atoms. The predicted molar refractivity (Wildman–Crippen MR) is 56.9 cm³/mol. The van der Waals surface area contributed by atoms with Crippen molar-refractivity contribution in [2.24, 2.45) is 5.92 Å². The molecule has 0 N–H and O–H groups in total. The molecule has 1 fully saturated rings. The van der Waals surface area contributed by atoms with Crippen LogP contribution in [0.15, 0.2) is 12.1 Å². The molecule has 1 aromatic rings. The SMILES string of the molecule is Fc1cc(F)c(C(Br)C2CCOC2)c(F)c1. The minimum atomic E-state index is -0.902. The lowest BCUT2D eigenvalue weighted by Crippen LogP contribution is -2.11. The molecule has 5 heteroatoms. The third-order valence-electron chi connectivity index (χ3n) is 2.70. The molecular weight excluding hydrogens is 285 g/mol. The van der Waals surface area contributed by atoms with E-state index in [9.17, 15) is 13.2 Å². The van der Waals surface area contributed by atoms with Crippen LogP contribution in [-0.2, 0) is 4.74 Å². The molecule has 2 rings (SSSR count). The molecule has 0 saturated carbocycles. The van der Waals surface area contributed by atoms with Gasteiger partial charge >= 0.3 is 0 Å². The number of hydrogen-bond donors (Lipinski definition) is 0. The lowest BCUT2D eigenvalue weighted by atomic mass is 9.97. The molecule has 0 radical (unpaired) electrons. The van der Waals surface area contributed by atoms with Gasteiger partial charge in [0.05, 0.1) is 11.4 Å². The number of hydrogen-bond acceptors (Lipinski definition) is 1. The van der Waals surface area contributed by atoms with Gasteiger partial charge in [0.15, 0.2) is 0 Å². The molecule has 1 saturated heterocycles. The molecule has 1 nitrogen and oxygen atoms in total. The Morgan fingerprint density at radius 3 is 2.38 bits per heavy atom. The number of rotatable bonds is 2. The van der Waals surface area contributed by atoms with E-state index in [0.717, 1.165) is 6.42 Å². The van der Waals surface area contributed by atoms with E-state index in [-0.39, 0.29) is 11.5 Å². The van der Waals surface area contributed by atoms with Gasteiger partial charge < -0.3 is 4.74 Å². The fourth-order valence-electron chi connectivity index (χ4n) is 1.84. The van der Waals surface area contributed by atoms with Crippen molar-refractivity contribution in [3.8, 4) is 0 Å². The summed E-state index contributed by atoms with van der Waals surface area (Å²) in [6.45, 7) is 1.06. The third kappa shape index (κ3) is 2.25. The molecule has 0 bridgehead atoms. The maximum atomic E-state index is 13.5. The van der Waals surface area contributed by atoms with Crippen molar-refractivity contribution < 1.29 is 17.9 Å². The number of alkyl halides is 1. The van der Waals surface area contributed by atoms with E-state index in [1.807, 2.05) is 0 Å². The molecule has 1 aliphatic heterocycles. The summed E-state index contributed by atoms with van der Waals surface area (Å²) in [6, 6.07) is 1.39. The van der Waals surface area contributed by atoms with Crippen molar-refractivity contribution in [3.05, 3.63) is 35.1 Å². The second-order valence-electron chi connectivity index (χ2n) is 3.81. The summed E-state index contributed by atoms with van der Waals surface area (Å²) in [4.78, 5) is -0.476. The zero-order valence-corrected chi connectivity index (χ0v) is 9.94. The van der Waals surface area contributed by atoms with Gasteiger partial charge in [-0.05, 0) is 6.42 Å². The van der Waals surface area contributed by atoms with Gasteiger partial charge in [0.2, 0.25) is 0 Å². The molecule has 1 heterocycles. The van der Waals surface area contributed by atoms with E-state index in [1.54, 1.807) is 0 Å². The van der Waals surface area contributed by atoms with Crippen LogP contribution in [-0.4, -0.2) is 13.2 Å². The van der Waals surface area contributed by atoms with Crippen LogP contribution in [0.3, 0.4) is 0 Å². The van der Waals surface area contributed by atoms with Crippen LogP contribution >= 0.6 is 15.9 Å². The summed E-state index contributed by atoms with van der Waals surface area (Å²) in [7, 11) is 0. The van der Waals surface area contributed by atoms with Crippen LogP contribution in [0.4, 0.5) is 13.2 Å². The van der Waals surface area contributed by atoms with Gasteiger partial charge in [0, 0.05) is 30.2 Å². The van der Waals surface area contributed by atoms with E-state index in [0.29, 0.717) is 25.3 Å². The average Bonchev–Trinajstić information content (AvgIpc) is 2.67. The Labute approximate surface area is 99.7 Å². The molecule has 1 aliphatic rings. The number of halogens is 4. The Morgan fingerprint density at radius 1 is 1.25 bits per heavy atom. The van der Waals surface area contributed by atoms with Gasteiger partial charge in [-0.15, -0.1) is 0 Å². The lowest BCUT2D eigenvalue weighted by Gasteiger charge is -2.17. The molecule has 1 aromatic carbocycles. The van der Waals surface area contributed by atoms with E-state index >= 15 is 0 Å². The second-order valence-corrected chi connectivity index (χ2v) is 4.80. The fourth-order valence-corrected chi connectivity index (χ4v) is 2.69. The van der Waals surface area contributed by atoms with Crippen molar-refractivity contribution in [1.29, 1.82) is 0 Å². The van der Waals surface area contributed by atoms with E-state index < -0.39 is 22.3 Å². The minimum absolute atomic E-state index is 0.0226. The van der Waals surface area contributed by atoms with Crippen molar-refractivity contribution in [2.45, 2.75) is 11.2 Å². The van der Waals surface area contributed by atoms with Crippen LogP contribution in [0.2, 0.25) is 0 Å². The Bertz CT molecular complexity index is 368. The second kappa shape index (κ2) is 4.75. The quantitative estimate of drug-likeness (QED) is 0.758. The van der Waals surface area contributed by atoms with Gasteiger partial charge in [-0.25, -0.2) is 13.2 Å². The van der Waals surface area contributed by atoms with Crippen LogP contribution in [0.5, 0.6) is 0 Å². The molecular formula is C11H10BrF3O. The molecule has 0 aliphatic carbocycles. The first kappa shape index (κ1) is 11.9. The Kier molecular flexibility index (Phi) is 3.54. The van der Waals surface area contributed by atoms with Gasteiger partial charge in [-0.3, -0.25) is 0 Å². The summed E-state index contributed by atoms with van der Waals surface area (Å²) >= 11 is 3.26. The lowest BCUT2D eigenvalue weighted by molar-refractivity contribution is 0.185. The van der Waals surface area contributed by atoms with E-state index in [1.165, 1.54) is 0 Å². The maximum absolute atomic E-state index is 13.5. The van der Waals surface area contributed by atoms with Crippen LogP contribution in [0.25, 0.3) is 0 Å². The molecule has 0 aromatic heterocycles. The Balaban J connectivity index is 2.31. The highest BCUT2D eigenvalue weighted by atomic mass is 79.9. The molecule has 88 valence electrons. The minimum Gasteiger partial charge on any atom is -0.381 e. The molecule has 0 spiro atoms. The highest BCUT2D eigenvalue weighted by Crippen LogP contribution is 2.38. The topological polar surface area (TPSA) is 9.23 Å². The first-order valence-corrected chi connectivity index (χ1v) is 5.87. The highest BCUT2D eigenvalue weighted by Gasteiger charge is 2.29. The zero-order valence-electron chi connectivity index (χ0n) is 8.35. The molecule has 2 unspecified atom stereocenters. The van der Waals surface area contributed by atoms with Gasteiger partial charge in [0.1, 0.15) is 17.5 Å². The Morgan fingerprint density at radius 2 is 1.88 bits per heavy atom. The highest BCUT2D eigenvalue weighted by molar-refractivity contribution is 9.09.